The fourth-order valence-electron chi connectivity index (χ4n) is 2.54. The maximum absolute atomic E-state index is 10.7. The first kappa shape index (κ1) is 24.5. The Morgan fingerprint density at radius 3 is 1.36 bits per heavy atom. The van der Waals surface area contributed by atoms with Gasteiger partial charge in [0.1, 0.15) is 0 Å². The van der Waals surface area contributed by atoms with E-state index < -0.39 is 17.9 Å². The summed E-state index contributed by atoms with van der Waals surface area (Å²) in [6.45, 7) is 2.23. The smallest absolute Gasteiger partial charge is 1.00 e. The summed E-state index contributed by atoms with van der Waals surface area (Å²) in [4.78, 5) is 21.4. The molecular weight excluding hydrogens is 308 g/mol. The average Bonchev–Trinajstić information content (AvgIpc) is 2.43. The molecule has 0 aromatic rings. The van der Waals surface area contributed by atoms with Gasteiger partial charge >= 0.3 is 49.7 Å². The summed E-state index contributed by atoms with van der Waals surface area (Å²) in [6, 6.07) is 0. The Morgan fingerprint density at radius 1 is 0.727 bits per heavy atom. The van der Waals surface area contributed by atoms with Crippen LogP contribution in [-0.4, -0.2) is 59.9 Å². The van der Waals surface area contributed by atoms with Crippen molar-refractivity contribution in [1.82, 2.24) is 0 Å². The van der Waals surface area contributed by atoms with E-state index in [-0.39, 0.29) is 47.0 Å². The maximum atomic E-state index is 10.7. The molecule has 5 heteroatoms. The molecule has 0 heterocycles. The monoisotopic (exact) mass is 342 g/mol. The van der Waals surface area contributed by atoms with Gasteiger partial charge in [0, 0.05) is 0 Å². The Kier molecular flexibility index (Phi) is 19.5. The van der Waals surface area contributed by atoms with E-state index in [1.54, 1.807) is 0 Å². The Balaban J connectivity index is -0.000000667. The number of hydrogen-bond donors (Lipinski definition) is 2. The molecule has 0 bridgehead atoms. The van der Waals surface area contributed by atoms with Crippen LogP contribution in [0.5, 0.6) is 0 Å². The number of unbranched alkanes of at least 4 members (excludes halogenated alkanes) is 11. The summed E-state index contributed by atoms with van der Waals surface area (Å²) in [5.74, 6) is -3.66. The second-order valence-electron chi connectivity index (χ2n) is 5.91. The number of carbonyl (C=O) groups is 2. The minimum Gasteiger partial charge on any atom is -1.00 e. The molecule has 0 atom stereocenters. The van der Waals surface area contributed by atoms with Crippen molar-refractivity contribution in [3.05, 3.63) is 0 Å². The first-order valence-corrected chi connectivity index (χ1v) is 8.55. The third-order valence-corrected chi connectivity index (χ3v) is 3.94. The molecule has 4 nitrogen and oxygen atoms in total. The normalized spacial score (nSPS) is 10.5. The van der Waals surface area contributed by atoms with Crippen molar-refractivity contribution in [1.29, 1.82) is 0 Å². The molecule has 0 aromatic heterocycles. The number of carboxylic acid groups (broad SMARTS) is 2. The zero-order valence-electron chi connectivity index (χ0n) is 16.2. The molecule has 0 amide bonds. The van der Waals surface area contributed by atoms with E-state index in [2.05, 4.69) is 6.92 Å². The van der Waals surface area contributed by atoms with E-state index in [0.717, 1.165) is 12.8 Å². The van der Waals surface area contributed by atoms with Gasteiger partial charge in [-0.3, -0.25) is 9.59 Å². The largest absolute Gasteiger partial charge is 2.00 e. The van der Waals surface area contributed by atoms with E-state index >= 15 is 0 Å². The zero-order valence-corrected chi connectivity index (χ0v) is 16.4. The van der Waals surface area contributed by atoms with Gasteiger partial charge in [0.15, 0.2) is 5.92 Å². The number of rotatable bonds is 15. The SMILES string of the molecule is CCCCCCCCCCCCCCC(C(=O)O)C(=O)O.[Ca+2].[H-].[H-]. The first-order chi connectivity index (χ1) is 10.1. The number of aliphatic carboxylic acids is 2. The van der Waals surface area contributed by atoms with Gasteiger partial charge in [-0.05, 0) is 6.42 Å². The molecule has 0 spiro atoms. The molecule has 22 heavy (non-hydrogen) atoms. The van der Waals surface area contributed by atoms with Crippen molar-refractivity contribution >= 4 is 49.7 Å². The van der Waals surface area contributed by atoms with Gasteiger partial charge < -0.3 is 13.1 Å². The van der Waals surface area contributed by atoms with Gasteiger partial charge in [-0.25, -0.2) is 0 Å². The average molecular weight is 343 g/mol. The minimum absolute atomic E-state index is 0. The van der Waals surface area contributed by atoms with E-state index in [9.17, 15) is 9.59 Å². The summed E-state index contributed by atoms with van der Waals surface area (Å²) < 4.78 is 0. The van der Waals surface area contributed by atoms with Crippen LogP contribution in [0.1, 0.15) is 93.2 Å². The van der Waals surface area contributed by atoms with Gasteiger partial charge in [0.05, 0.1) is 0 Å². The molecule has 0 aromatic carbocycles. The Morgan fingerprint density at radius 2 is 1.05 bits per heavy atom. The topological polar surface area (TPSA) is 74.6 Å². The molecule has 2 N–H and O–H groups in total. The summed E-state index contributed by atoms with van der Waals surface area (Å²) in [7, 11) is 0. The van der Waals surface area contributed by atoms with Gasteiger partial charge in [-0.1, -0.05) is 84.0 Å². The molecule has 0 rings (SSSR count). The molecule has 0 fully saturated rings. The third-order valence-electron chi connectivity index (χ3n) is 3.94. The minimum atomic E-state index is -1.23. The van der Waals surface area contributed by atoms with Crippen LogP contribution in [0.4, 0.5) is 0 Å². The van der Waals surface area contributed by atoms with E-state index in [1.165, 1.54) is 57.8 Å². The molecule has 0 aliphatic heterocycles. The van der Waals surface area contributed by atoms with Crippen LogP contribution in [0.2, 0.25) is 0 Å². The molecule has 128 valence electrons. The van der Waals surface area contributed by atoms with Gasteiger partial charge in [0.25, 0.3) is 0 Å². The van der Waals surface area contributed by atoms with Gasteiger partial charge in [-0.2, -0.15) is 0 Å². The molecule has 0 aliphatic carbocycles. The fourth-order valence-corrected chi connectivity index (χ4v) is 2.54. The van der Waals surface area contributed by atoms with Crippen LogP contribution in [0.15, 0.2) is 0 Å². The van der Waals surface area contributed by atoms with Gasteiger partial charge in [0.2, 0.25) is 0 Å². The summed E-state index contributed by atoms with van der Waals surface area (Å²) in [5.41, 5.74) is 0. The molecular formula is C17H34CaO4. The van der Waals surface area contributed by atoms with Crippen molar-refractivity contribution in [2.75, 3.05) is 0 Å². The van der Waals surface area contributed by atoms with Gasteiger partial charge in [-0.15, -0.1) is 0 Å². The second kappa shape index (κ2) is 17.6. The van der Waals surface area contributed by atoms with E-state index in [1.807, 2.05) is 0 Å². The van der Waals surface area contributed by atoms with Crippen LogP contribution in [0, 0.1) is 5.92 Å². The van der Waals surface area contributed by atoms with Crippen molar-refractivity contribution in [3.8, 4) is 0 Å². The standard InChI is InChI=1S/C17H32O4.Ca.2H/c1-2-3-4-5-6-7-8-9-10-11-12-13-14-15(16(18)19)17(20)21;;;/h15H,2-14H2,1H3,(H,18,19)(H,20,21);;;/q;+2;2*-1. The van der Waals surface area contributed by atoms with Crippen LogP contribution < -0.4 is 0 Å². The fraction of sp³-hybridized carbons (Fsp3) is 0.882. The van der Waals surface area contributed by atoms with Crippen molar-refractivity contribution in [3.63, 3.8) is 0 Å². The van der Waals surface area contributed by atoms with Crippen LogP contribution in [-0.2, 0) is 9.59 Å². The van der Waals surface area contributed by atoms with Crippen molar-refractivity contribution < 1.29 is 22.7 Å². The molecule has 0 radical (unpaired) electrons. The third kappa shape index (κ3) is 15.1. The Hall–Kier alpha value is 0.200. The molecule has 0 saturated heterocycles. The zero-order chi connectivity index (χ0) is 15.9. The Bertz CT molecular complexity index is 278. The van der Waals surface area contributed by atoms with Crippen LogP contribution in [0.3, 0.4) is 0 Å². The van der Waals surface area contributed by atoms with Crippen LogP contribution in [0.25, 0.3) is 0 Å². The van der Waals surface area contributed by atoms with Crippen molar-refractivity contribution in [2.24, 2.45) is 5.92 Å². The molecule has 0 saturated carbocycles. The molecule has 0 unspecified atom stereocenters. The molecule has 0 aliphatic rings. The van der Waals surface area contributed by atoms with Crippen LogP contribution >= 0.6 is 0 Å². The van der Waals surface area contributed by atoms with Crippen molar-refractivity contribution in [2.45, 2.75) is 90.4 Å². The number of hydrogen-bond acceptors (Lipinski definition) is 2. The predicted molar refractivity (Wildman–Crippen MR) is 92.4 cm³/mol. The number of carboxylic acids is 2. The Labute approximate surface area is 168 Å². The maximum Gasteiger partial charge on any atom is 2.00 e. The summed E-state index contributed by atoms with van der Waals surface area (Å²) in [5, 5.41) is 17.5. The second-order valence-corrected chi connectivity index (χ2v) is 5.91. The quantitative estimate of drug-likeness (QED) is 0.257. The van der Waals surface area contributed by atoms with E-state index in [0.29, 0.717) is 6.42 Å². The summed E-state index contributed by atoms with van der Waals surface area (Å²) in [6.07, 6.45) is 14.7. The predicted octanol–water partition coefficient (Wildman–Crippen LogP) is 4.71. The summed E-state index contributed by atoms with van der Waals surface area (Å²) >= 11 is 0. The van der Waals surface area contributed by atoms with E-state index in [4.69, 9.17) is 10.2 Å². The first-order valence-electron chi connectivity index (χ1n) is 8.55.